The number of hydrogen-bond donors (Lipinski definition) is 2. The lowest BCUT2D eigenvalue weighted by Crippen LogP contribution is -1.96. The number of rotatable bonds is 3. The van der Waals surface area contributed by atoms with Crippen molar-refractivity contribution < 1.29 is 4.39 Å². The summed E-state index contributed by atoms with van der Waals surface area (Å²) in [4.78, 5) is 21.6. The lowest BCUT2D eigenvalue weighted by Gasteiger charge is -2.04. The van der Waals surface area contributed by atoms with Crippen LogP contribution in [0.3, 0.4) is 0 Å². The number of fused-ring (bicyclic) bond motifs is 2. The molecule has 6 rings (SSSR count). The molecule has 1 aromatic carbocycles. The second-order valence-corrected chi connectivity index (χ2v) is 8.10. The van der Waals surface area contributed by atoms with Crippen molar-refractivity contribution in [2.24, 2.45) is 7.05 Å². The number of imidazole rings is 2. The van der Waals surface area contributed by atoms with Crippen molar-refractivity contribution in [2.45, 2.75) is 13.8 Å². The summed E-state index contributed by atoms with van der Waals surface area (Å²) >= 11 is 0. The smallest absolute Gasteiger partial charge is 0.161 e. The summed E-state index contributed by atoms with van der Waals surface area (Å²) in [6.07, 6.45) is 5.21. The number of H-pyrrole nitrogens is 2. The summed E-state index contributed by atoms with van der Waals surface area (Å²) in [6, 6.07) is 8.79. The van der Waals surface area contributed by atoms with Gasteiger partial charge in [-0.3, -0.25) is 10.1 Å². The minimum Gasteiger partial charge on any atom is -0.335 e. The Kier molecular flexibility index (Phi) is 4.13. The fraction of sp³-hybridized carbons (Fsp3) is 0.125. The zero-order chi connectivity index (χ0) is 22.7. The van der Waals surface area contributed by atoms with Crippen LogP contribution in [0.2, 0.25) is 0 Å². The number of aryl methyl sites for hydroxylation is 2. The molecule has 33 heavy (non-hydrogen) atoms. The second kappa shape index (κ2) is 7.06. The molecule has 0 aliphatic rings. The number of benzene rings is 1. The Balaban J connectivity index is 1.52. The van der Waals surface area contributed by atoms with Gasteiger partial charge in [0.15, 0.2) is 11.5 Å². The van der Waals surface area contributed by atoms with Crippen molar-refractivity contribution in [3.8, 4) is 34.0 Å². The summed E-state index contributed by atoms with van der Waals surface area (Å²) in [5.41, 5.74) is 7.54. The van der Waals surface area contributed by atoms with Gasteiger partial charge in [0.2, 0.25) is 0 Å². The Bertz CT molecular complexity index is 1650. The van der Waals surface area contributed by atoms with Crippen LogP contribution < -0.4 is 0 Å². The lowest BCUT2D eigenvalue weighted by atomic mass is 10.0. The molecule has 0 atom stereocenters. The van der Waals surface area contributed by atoms with Crippen molar-refractivity contribution in [1.82, 2.24) is 39.7 Å². The highest BCUT2D eigenvalue weighted by molar-refractivity contribution is 5.95. The van der Waals surface area contributed by atoms with Crippen LogP contribution in [-0.4, -0.2) is 39.7 Å². The molecule has 0 aliphatic carbocycles. The van der Waals surface area contributed by atoms with Gasteiger partial charge in [-0.2, -0.15) is 5.10 Å². The Morgan fingerprint density at radius 3 is 2.61 bits per heavy atom. The molecule has 0 saturated heterocycles. The Labute approximate surface area is 187 Å². The van der Waals surface area contributed by atoms with Gasteiger partial charge in [0.05, 0.1) is 40.3 Å². The second-order valence-electron chi connectivity index (χ2n) is 8.10. The van der Waals surface area contributed by atoms with Crippen LogP contribution in [0.5, 0.6) is 0 Å². The minimum absolute atomic E-state index is 0.293. The first-order chi connectivity index (χ1) is 16.0. The van der Waals surface area contributed by atoms with Gasteiger partial charge in [0.25, 0.3) is 0 Å². The number of aromatic amines is 2. The molecule has 0 radical (unpaired) electrons. The fourth-order valence-corrected chi connectivity index (χ4v) is 4.09. The van der Waals surface area contributed by atoms with E-state index in [-0.39, 0.29) is 5.82 Å². The molecule has 2 N–H and O–H groups in total. The standard InChI is InChI=1S/C24H19FN8/c1-12-6-14(8-15(25)7-12)16-9-26-10-19-21(16)30-24(29-19)23-22-18(31-32-23)5-4-17(28-22)20-11-27-13(2)33(20)3/h4-11H,1-3H3,(H,29,30)(H,31,32). The van der Waals surface area contributed by atoms with E-state index in [9.17, 15) is 4.39 Å². The molecule has 6 aromatic rings. The first-order valence-electron chi connectivity index (χ1n) is 10.4. The highest BCUT2D eigenvalue weighted by atomic mass is 19.1. The topological polar surface area (TPSA) is 101 Å². The molecule has 5 heterocycles. The van der Waals surface area contributed by atoms with E-state index in [1.54, 1.807) is 12.4 Å². The van der Waals surface area contributed by atoms with Crippen LogP contribution >= 0.6 is 0 Å². The first-order valence-corrected chi connectivity index (χ1v) is 10.4. The molecular formula is C24H19FN8. The molecule has 0 spiro atoms. The van der Waals surface area contributed by atoms with E-state index in [0.29, 0.717) is 22.6 Å². The Morgan fingerprint density at radius 2 is 1.82 bits per heavy atom. The zero-order valence-corrected chi connectivity index (χ0v) is 18.2. The maximum Gasteiger partial charge on any atom is 0.161 e. The van der Waals surface area contributed by atoms with E-state index < -0.39 is 0 Å². The van der Waals surface area contributed by atoms with Gasteiger partial charge in [0.1, 0.15) is 17.2 Å². The summed E-state index contributed by atoms with van der Waals surface area (Å²) in [5.74, 6) is 1.17. The third-order valence-corrected chi connectivity index (χ3v) is 5.86. The van der Waals surface area contributed by atoms with Gasteiger partial charge in [-0.1, -0.05) is 6.07 Å². The average Bonchev–Trinajstić information content (AvgIpc) is 3.49. The molecule has 0 bridgehead atoms. The number of halogens is 1. The van der Waals surface area contributed by atoms with Crippen LogP contribution in [0.25, 0.3) is 56.1 Å². The molecule has 8 nitrogen and oxygen atoms in total. The molecular weight excluding hydrogens is 419 g/mol. The maximum atomic E-state index is 14.0. The van der Waals surface area contributed by atoms with Crippen molar-refractivity contribution in [2.75, 3.05) is 0 Å². The van der Waals surface area contributed by atoms with Gasteiger partial charge in [-0.15, -0.1) is 0 Å². The highest BCUT2D eigenvalue weighted by Crippen LogP contribution is 2.32. The van der Waals surface area contributed by atoms with Crippen LogP contribution in [0.4, 0.5) is 4.39 Å². The van der Waals surface area contributed by atoms with Crippen LogP contribution in [-0.2, 0) is 7.05 Å². The quantitative estimate of drug-likeness (QED) is 0.416. The summed E-state index contributed by atoms with van der Waals surface area (Å²) in [7, 11) is 1.96. The third kappa shape index (κ3) is 3.08. The molecule has 0 unspecified atom stereocenters. The van der Waals surface area contributed by atoms with E-state index in [4.69, 9.17) is 9.97 Å². The molecule has 0 amide bonds. The Hall–Kier alpha value is -4.40. The highest BCUT2D eigenvalue weighted by Gasteiger charge is 2.18. The van der Waals surface area contributed by atoms with E-state index in [1.807, 2.05) is 49.9 Å². The van der Waals surface area contributed by atoms with Gasteiger partial charge in [-0.25, -0.2) is 19.3 Å². The van der Waals surface area contributed by atoms with Crippen LogP contribution in [0, 0.1) is 19.7 Å². The van der Waals surface area contributed by atoms with Gasteiger partial charge in [-0.05, 0) is 49.2 Å². The Morgan fingerprint density at radius 1 is 0.939 bits per heavy atom. The first kappa shape index (κ1) is 19.3. The summed E-state index contributed by atoms with van der Waals surface area (Å²) in [6.45, 7) is 3.81. The average molecular weight is 438 g/mol. The minimum atomic E-state index is -0.293. The van der Waals surface area contributed by atoms with Gasteiger partial charge >= 0.3 is 0 Å². The van der Waals surface area contributed by atoms with Crippen molar-refractivity contribution in [1.29, 1.82) is 0 Å². The lowest BCUT2D eigenvalue weighted by molar-refractivity contribution is 0.627. The summed E-state index contributed by atoms with van der Waals surface area (Å²) < 4.78 is 16.0. The number of aromatic nitrogens is 8. The molecule has 0 saturated carbocycles. The van der Waals surface area contributed by atoms with Crippen LogP contribution in [0.1, 0.15) is 11.4 Å². The normalized spacial score (nSPS) is 11.6. The van der Waals surface area contributed by atoms with Gasteiger partial charge in [0, 0.05) is 18.8 Å². The monoisotopic (exact) mass is 438 g/mol. The molecule has 0 fully saturated rings. The maximum absolute atomic E-state index is 14.0. The SMILES string of the molecule is Cc1cc(F)cc(-c2cncc3[nH]c(-c4n[nH]c5ccc(-c6cnc(C)n6C)nc45)nc23)c1. The molecule has 0 aliphatic heterocycles. The zero-order valence-electron chi connectivity index (χ0n) is 18.2. The number of nitrogens with zero attached hydrogens (tertiary/aromatic N) is 6. The van der Waals surface area contributed by atoms with Crippen LogP contribution in [0.15, 0.2) is 48.9 Å². The predicted octanol–water partition coefficient (Wildman–Crippen LogP) is 4.72. The van der Waals surface area contributed by atoms with E-state index >= 15 is 0 Å². The van der Waals surface area contributed by atoms with Gasteiger partial charge < -0.3 is 9.55 Å². The molecule has 162 valence electrons. The number of hydrogen-bond acceptors (Lipinski definition) is 5. The van der Waals surface area contributed by atoms with E-state index in [2.05, 4.69) is 25.1 Å². The van der Waals surface area contributed by atoms with Crippen molar-refractivity contribution >= 4 is 22.1 Å². The number of nitrogens with one attached hydrogen (secondary N) is 2. The summed E-state index contributed by atoms with van der Waals surface area (Å²) in [5, 5.41) is 7.50. The largest absolute Gasteiger partial charge is 0.335 e. The van der Waals surface area contributed by atoms with E-state index in [1.165, 1.54) is 12.1 Å². The molecule has 5 aromatic heterocycles. The predicted molar refractivity (Wildman–Crippen MR) is 124 cm³/mol. The van der Waals surface area contributed by atoms with E-state index in [0.717, 1.165) is 44.9 Å². The van der Waals surface area contributed by atoms with Crippen molar-refractivity contribution in [3.05, 3.63) is 66.1 Å². The number of pyridine rings is 2. The van der Waals surface area contributed by atoms with Crippen molar-refractivity contribution in [3.63, 3.8) is 0 Å². The fourth-order valence-electron chi connectivity index (χ4n) is 4.09. The molecule has 9 heteroatoms. The third-order valence-electron chi connectivity index (χ3n) is 5.86.